The number of hydrogen-bond acceptors (Lipinski definition) is 3. The predicted octanol–water partition coefficient (Wildman–Crippen LogP) is 1.52. The van der Waals surface area contributed by atoms with Gasteiger partial charge in [-0.15, -0.1) is 0 Å². The Morgan fingerprint density at radius 3 is 3.06 bits per heavy atom. The van der Waals surface area contributed by atoms with E-state index in [2.05, 4.69) is 21.4 Å². The Morgan fingerprint density at radius 2 is 2.29 bits per heavy atom. The van der Waals surface area contributed by atoms with Crippen LogP contribution in [0.25, 0.3) is 0 Å². The lowest BCUT2D eigenvalue weighted by molar-refractivity contribution is 0.138. The van der Waals surface area contributed by atoms with Crippen molar-refractivity contribution in [2.24, 2.45) is 0 Å². The summed E-state index contributed by atoms with van der Waals surface area (Å²) in [7, 11) is 0. The number of likely N-dealkylation sites (N-methyl/N-ethyl adjacent to an activating group) is 1. The molecule has 0 aliphatic carbocycles. The summed E-state index contributed by atoms with van der Waals surface area (Å²) in [5, 5.41) is 9.94. The number of nitrogens with zero attached hydrogens (tertiary/aromatic N) is 3. The smallest absolute Gasteiger partial charge is 0.113 e. The Balaban J connectivity index is 1.85. The van der Waals surface area contributed by atoms with Gasteiger partial charge in [0.05, 0.1) is 18.0 Å². The van der Waals surface area contributed by atoms with Crippen molar-refractivity contribution in [2.45, 2.75) is 44.8 Å². The van der Waals surface area contributed by atoms with Crippen LogP contribution in [0.4, 0.5) is 0 Å². The second-order valence-corrected chi connectivity index (χ2v) is 5.23. The maximum absolute atomic E-state index is 9.94. The van der Waals surface area contributed by atoms with Crippen LogP contribution in [0, 0.1) is 0 Å². The number of fused-ring (bicyclic) bond motifs is 1. The summed E-state index contributed by atoms with van der Waals surface area (Å²) in [6, 6.07) is 0. The third-order valence-corrected chi connectivity index (χ3v) is 4.20. The molecular weight excluding hydrogens is 214 g/mol. The van der Waals surface area contributed by atoms with Crippen LogP contribution in [0.15, 0.2) is 6.20 Å². The number of aromatic nitrogens is 2. The Morgan fingerprint density at radius 1 is 1.41 bits per heavy atom. The lowest BCUT2D eigenvalue weighted by Gasteiger charge is -2.23. The van der Waals surface area contributed by atoms with Gasteiger partial charge in [-0.25, -0.2) is 4.98 Å². The van der Waals surface area contributed by atoms with Crippen LogP contribution in [0.5, 0.6) is 0 Å². The molecule has 2 aliphatic rings. The van der Waals surface area contributed by atoms with Gasteiger partial charge in [0.2, 0.25) is 0 Å². The summed E-state index contributed by atoms with van der Waals surface area (Å²) < 4.78 is 2.26. The Hall–Kier alpha value is -0.870. The van der Waals surface area contributed by atoms with Crippen LogP contribution in [0.3, 0.4) is 0 Å². The van der Waals surface area contributed by atoms with Gasteiger partial charge in [0, 0.05) is 19.0 Å². The topological polar surface area (TPSA) is 41.3 Å². The van der Waals surface area contributed by atoms with Crippen molar-refractivity contribution in [3.63, 3.8) is 0 Å². The van der Waals surface area contributed by atoms with Gasteiger partial charge in [0.15, 0.2) is 0 Å². The first-order valence-electron chi connectivity index (χ1n) is 6.75. The van der Waals surface area contributed by atoms with Gasteiger partial charge in [-0.2, -0.15) is 0 Å². The zero-order valence-electron chi connectivity index (χ0n) is 10.5. The van der Waals surface area contributed by atoms with Crippen LogP contribution < -0.4 is 0 Å². The molecule has 2 unspecified atom stereocenters. The quantitative estimate of drug-likeness (QED) is 0.845. The molecular formula is C13H21N3O. The molecule has 2 atom stereocenters. The van der Waals surface area contributed by atoms with Gasteiger partial charge in [0.25, 0.3) is 0 Å². The van der Waals surface area contributed by atoms with Gasteiger partial charge < -0.3 is 14.6 Å². The molecule has 3 rings (SSSR count). The van der Waals surface area contributed by atoms with Crippen molar-refractivity contribution in [2.75, 3.05) is 19.6 Å². The largest absolute Gasteiger partial charge is 0.387 e. The van der Waals surface area contributed by atoms with E-state index in [1.54, 1.807) is 0 Å². The highest BCUT2D eigenvalue weighted by molar-refractivity contribution is 5.15. The number of likely N-dealkylation sites (tertiary alicyclic amines) is 1. The minimum Gasteiger partial charge on any atom is -0.387 e. The average Bonchev–Trinajstić information content (AvgIpc) is 2.94. The summed E-state index contributed by atoms with van der Waals surface area (Å²) in [5.74, 6) is 1.77. The standard InChI is InChI=1S/C13H21N3O/c1-2-15-7-5-10(9-15)13-14-8-11-12(17)4-3-6-16(11)13/h8,10,12,17H,2-7,9H2,1H3. The van der Waals surface area contributed by atoms with Gasteiger partial charge in [0.1, 0.15) is 5.82 Å². The molecule has 17 heavy (non-hydrogen) atoms. The molecule has 1 N–H and O–H groups in total. The molecule has 1 aromatic rings. The maximum Gasteiger partial charge on any atom is 0.113 e. The molecule has 0 bridgehead atoms. The normalized spacial score (nSPS) is 29.5. The fourth-order valence-electron chi connectivity index (χ4n) is 3.16. The lowest BCUT2D eigenvalue weighted by Crippen LogP contribution is -2.22. The van der Waals surface area contributed by atoms with Crippen LogP contribution in [0.2, 0.25) is 0 Å². The number of hydrogen-bond donors (Lipinski definition) is 1. The second-order valence-electron chi connectivity index (χ2n) is 5.23. The van der Waals surface area contributed by atoms with E-state index in [-0.39, 0.29) is 6.10 Å². The van der Waals surface area contributed by atoms with E-state index in [4.69, 9.17) is 0 Å². The van der Waals surface area contributed by atoms with E-state index in [0.717, 1.165) is 38.2 Å². The summed E-state index contributed by atoms with van der Waals surface area (Å²) in [6.07, 6.45) is 4.75. The number of imidazole rings is 1. The van der Waals surface area contributed by atoms with Crippen LogP contribution in [0.1, 0.15) is 49.7 Å². The molecule has 0 spiro atoms. The number of aliphatic hydroxyl groups is 1. The zero-order chi connectivity index (χ0) is 11.8. The molecule has 0 aromatic carbocycles. The Labute approximate surface area is 102 Å². The highest BCUT2D eigenvalue weighted by atomic mass is 16.3. The van der Waals surface area contributed by atoms with Gasteiger partial charge in [-0.1, -0.05) is 6.92 Å². The second kappa shape index (κ2) is 4.42. The van der Waals surface area contributed by atoms with Gasteiger partial charge >= 0.3 is 0 Å². The summed E-state index contributed by atoms with van der Waals surface area (Å²) in [6.45, 7) is 6.69. The Kier molecular flexibility index (Phi) is 2.92. The minimum atomic E-state index is -0.298. The first kappa shape index (κ1) is 11.2. The summed E-state index contributed by atoms with van der Waals surface area (Å²) >= 11 is 0. The monoisotopic (exact) mass is 235 g/mol. The van der Waals surface area contributed by atoms with E-state index >= 15 is 0 Å². The first-order chi connectivity index (χ1) is 8.29. The molecule has 94 valence electrons. The zero-order valence-corrected chi connectivity index (χ0v) is 10.5. The van der Waals surface area contributed by atoms with E-state index in [0.29, 0.717) is 5.92 Å². The average molecular weight is 235 g/mol. The van der Waals surface area contributed by atoms with Gasteiger partial charge in [-0.05, 0) is 32.4 Å². The molecule has 3 heterocycles. The summed E-state index contributed by atoms with van der Waals surface area (Å²) in [4.78, 5) is 7.05. The molecule has 1 saturated heterocycles. The van der Waals surface area contributed by atoms with Crippen molar-refractivity contribution in [3.8, 4) is 0 Å². The molecule has 4 nitrogen and oxygen atoms in total. The van der Waals surface area contributed by atoms with Crippen LogP contribution in [-0.2, 0) is 6.54 Å². The van der Waals surface area contributed by atoms with Crippen molar-refractivity contribution >= 4 is 0 Å². The molecule has 1 aromatic heterocycles. The molecule has 2 aliphatic heterocycles. The first-order valence-corrected chi connectivity index (χ1v) is 6.75. The third kappa shape index (κ3) is 1.89. The minimum absolute atomic E-state index is 0.298. The SMILES string of the molecule is CCN1CCC(c2ncc3n2CCCC3O)C1. The van der Waals surface area contributed by atoms with E-state index in [1.807, 2.05) is 6.20 Å². The van der Waals surface area contributed by atoms with Crippen molar-refractivity contribution < 1.29 is 5.11 Å². The molecule has 0 saturated carbocycles. The fourth-order valence-corrected chi connectivity index (χ4v) is 3.16. The lowest BCUT2D eigenvalue weighted by atomic mass is 10.1. The predicted molar refractivity (Wildman–Crippen MR) is 65.9 cm³/mol. The Bertz CT molecular complexity index is 401. The van der Waals surface area contributed by atoms with E-state index in [9.17, 15) is 5.11 Å². The fraction of sp³-hybridized carbons (Fsp3) is 0.769. The maximum atomic E-state index is 9.94. The molecule has 0 radical (unpaired) electrons. The highest BCUT2D eigenvalue weighted by Crippen LogP contribution is 2.32. The number of rotatable bonds is 2. The van der Waals surface area contributed by atoms with E-state index in [1.165, 1.54) is 18.8 Å². The van der Waals surface area contributed by atoms with Crippen LogP contribution >= 0.6 is 0 Å². The van der Waals surface area contributed by atoms with Gasteiger partial charge in [-0.3, -0.25) is 0 Å². The highest BCUT2D eigenvalue weighted by Gasteiger charge is 2.29. The van der Waals surface area contributed by atoms with E-state index < -0.39 is 0 Å². The van der Waals surface area contributed by atoms with Crippen molar-refractivity contribution in [1.82, 2.24) is 14.5 Å². The number of aliphatic hydroxyl groups excluding tert-OH is 1. The van der Waals surface area contributed by atoms with Crippen molar-refractivity contribution in [3.05, 3.63) is 17.7 Å². The third-order valence-electron chi connectivity index (χ3n) is 4.20. The van der Waals surface area contributed by atoms with Crippen LogP contribution in [-0.4, -0.2) is 39.2 Å². The summed E-state index contributed by atoms with van der Waals surface area (Å²) in [5.41, 5.74) is 1.03. The molecule has 0 amide bonds. The van der Waals surface area contributed by atoms with Crippen molar-refractivity contribution in [1.29, 1.82) is 0 Å². The molecule has 4 heteroatoms. The molecule has 1 fully saturated rings.